The summed E-state index contributed by atoms with van der Waals surface area (Å²) in [5.41, 5.74) is 1.27. The highest BCUT2D eigenvalue weighted by molar-refractivity contribution is 5.43. The van der Waals surface area contributed by atoms with Gasteiger partial charge in [0, 0.05) is 12.5 Å². The van der Waals surface area contributed by atoms with Gasteiger partial charge >= 0.3 is 0 Å². The molecule has 104 valence electrons. The molecular weight excluding hydrogens is 263 g/mol. The van der Waals surface area contributed by atoms with Crippen LogP contribution < -0.4 is 4.74 Å². The summed E-state index contributed by atoms with van der Waals surface area (Å²) in [5.74, 6) is -0.665. The summed E-state index contributed by atoms with van der Waals surface area (Å²) in [5, 5.41) is 29.0. The zero-order valence-electron chi connectivity index (χ0n) is 10.5. The Morgan fingerprint density at radius 1 is 1.10 bits per heavy atom. The van der Waals surface area contributed by atoms with Crippen molar-refractivity contribution in [3.05, 3.63) is 53.3 Å². The molecule has 3 rings (SSSR count). The Kier molecular flexibility index (Phi) is 2.99. The number of hydrogen-bond donors (Lipinski definition) is 3. The number of benzene rings is 2. The molecule has 1 heterocycles. The van der Waals surface area contributed by atoms with E-state index < -0.39 is 23.8 Å². The second kappa shape index (κ2) is 4.68. The largest absolute Gasteiger partial charge is 0.508 e. The molecule has 0 aliphatic carbocycles. The summed E-state index contributed by atoms with van der Waals surface area (Å²) in [7, 11) is 0. The third-order valence-corrected chi connectivity index (χ3v) is 3.38. The summed E-state index contributed by atoms with van der Waals surface area (Å²) in [6.45, 7) is 0. The van der Waals surface area contributed by atoms with Gasteiger partial charge in [0.15, 0.2) is 11.6 Å². The van der Waals surface area contributed by atoms with Crippen LogP contribution in [0.15, 0.2) is 36.4 Å². The van der Waals surface area contributed by atoms with E-state index in [0.717, 1.165) is 11.6 Å². The second-order valence-electron chi connectivity index (χ2n) is 4.81. The number of fused-ring (bicyclic) bond motifs is 1. The fourth-order valence-electron chi connectivity index (χ4n) is 2.37. The van der Waals surface area contributed by atoms with Gasteiger partial charge in [-0.2, -0.15) is 0 Å². The smallest absolute Gasteiger partial charge is 0.164 e. The van der Waals surface area contributed by atoms with E-state index in [9.17, 15) is 19.7 Å². The van der Waals surface area contributed by atoms with Crippen molar-refractivity contribution < 1.29 is 24.4 Å². The highest BCUT2D eigenvalue weighted by Gasteiger charge is 2.30. The second-order valence-corrected chi connectivity index (χ2v) is 4.81. The molecule has 2 aromatic carbocycles. The Labute approximate surface area is 114 Å². The van der Waals surface area contributed by atoms with Crippen LogP contribution in [0.3, 0.4) is 0 Å². The van der Waals surface area contributed by atoms with Gasteiger partial charge < -0.3 is 20.1 Å². The van der Waals surface area contributed by atoms with Crippen molar-refractivity contribution in [2.24, 2.45) is 0 Å². The molecule has 0 aromatic heterocycles. The van der Waals surface area contributed by atoms with Gasteiger partial charge in [-0.1, -0.05) is 12.1 Å². The molecule has 0 radical (unpaired) electrons. The maximum absolute atomic E-state index is 13.1. The fraction of sp³-hybridized carbons (Fsp3) is 0.200. The molecular formula is C15H13FO4. The number of phenols is 2. The molecule has 3 N–H and O–H groups in total. The first-order chi connectivity index (χ1) is 9.54. The molecule has 0 amide bonds. The Balaban J connectivity index is 1.97. The Morgan fingerprint density at radius 3 is 2.65 bits per heavy atom. The first-order valence-electron chi connectivity index (χ1n) is 6.19. The van der Waals surface area contributed by atoms with Crippen LogP contribution >= 0.6 is 0 Å². The van der Waals surface area contributed by atoms with Crippen molar-refractivity contribution in [1.82, 2.24) is 0 Å². The molecule has 2 aromatic rings. The zero-order valence-corrected chi connectivity index (χ0v) is 10.5. The number of ether oxygens (including phenoxy) is 1. The molecule has 1 aliphatic heterocycles. The number of aromatic hydroxyl groups is 2. The summed E-state index contributed by atoms with van der Waals surface area (Å²) in [6, 6.07) is 8.50. The molecule has 20 heavy (non-hydrogen) atoms. The van der Waals surface area contributed by atoms with Gasteiger partial charge in [0.1, 0.15) is 17.6 Å². The Morgan fingerprint density at radius 2 is 1.90 bits per heavy atom. The number of halogens is 1. The molecule has 0 fully saturated rings. The van der Waals surface area contributed by atoms with E-state index in [2.05, 4.69) is 0 Å². The van der Waals surface area contributed by atoms with Gasteiger partial charge in [-0.05, 0) is 29.3 Å². The van der Waals surface area contributed by atoms with Gasteiger partial charge in [-0.3, -0.25) is 0 Å². The van der Waals surface area contributed by atoms with Crippen LogP contribution in [0.2, 0.25) is 0 Å². The van der Waals surface area contributed by atoms with Crippen molar-refractivity contribution in [1.29, 1.82) is 0 Å². The standard InChI is InChI=1S/C15H13FO4/c16-11-4-2-9(6-12(11)18)15-13(19)5-8-1-3-10(17)7-14(8)20-15/h1-4,6-7,13,15,17-19H,5H2. The molecule has 0 bridgehead atoms. The molecule has 1 aliphatic rings. The number of aliphatic hydroxyl groups excluding tert-OH is 1. The predicted molar refractivity (Wildman–Crippen MR) is 69.3 cm³/mol. The summed E-state index contributed by atoms with van der Waals surface area (Å²) < 4.78 is 18.7. The molecule has 4 nitrogen and oxygen atoms in total. The van der Waals surface area contributed by atoms with Crippen LogP contribution in [-0.2, 0) is 6.42 Å². The maximum Gasteiger partial charge on any atom is 0.164 e. The summed E-state index contributed by atoms with van der Waals surface area (Å²) >= 11 is 0. The van der Waals surface area contributed by atoms with Gasteiger partial charge in [-0.15, -0.1) is 0 Å². The molecule has 0 spiro atoms. The Hall–Kier alpha value is -2.27. The quantitative estimate of drug-likeness (QED) is 0.747. The lowest BCUT2D eigenvalue weighted by atomic mass is 9.94. The lowest BCUT2D eigenvalue weighted by molar-refractivity contribution is 0.0205. The van der Waals surface area contributed by atoms with E-state index >= 15 is 0 Å². The zero-order chi connectivity index (χ0) is 14.3. The van der Waals surface area contributed by atoms with E-state index in [1.54, 1.807) is 6.07 Å². The highest BCUT2D eigenvalue weighted by Crippen LogP contribution is 2.37. The Bertz CT molecular complexity index is 656. The number of aliphatic hydroxyl groups is 1. The van der Waals surface area contributed by atoms with Crippen molar-refractivity contribution >= 4 is 0 Å². The first kappa shape index (κ1) is 12.7. The summed E-state index contributed by atoms with van der Waals surface area (Å²) in [6.07, 6.45) is -1.16. The van der Waals surface area contributed by atoms with E-state index in [1.807, 2.05) is 0 Å². The monoisotopic (exact) mass is 276 g/mol. The van der Waals surface area contributed by atoms with Gasteiger partial charge in [0.25, 0.3) is 0 Å². The van der Waals surface area contributed by atoms with Crippen LogP contribution in [-0.4, -0.2) is 21.4 Å². The number of rotatable bonds is 1. The lowest BCUT2D eigenvalue weighted by Crippen LogP contribution is -2.30. The van der Waals surface area contributed by atoms with E-state index in [1.165, 1.54) is 24.3 Å². The van der Waals surface area contributed by atoms with Gasteiger partial charge in [0.2, 0.25) is 0 Å². The van der Waals surface area contributed by atoms with Crippen LogP contribution in [0.25, 0.3) is 0 Å². The topological polar surface area (TPSA) is 69.9 Å². The minimum Gasteiger partial charge on any atom is -0.508 e. The molecule has 2 atom stereocenters. The first-order valence-corrected chi connectivity index (χ1v) is 6.19. The third-order valence-electron chi connectivity index (χ3n) is 3.38. The highest BCUT2D eigenvalue weighted by atomic mass is 19.1. The average Bonchev–Trinajstić information content (AvgIpc) is 2.42. The van der Waals surface area contributed by atoms with Crippen molar-refractivity contribution in [2.75, 3.05) is 0 Å². The summed E-state index contributed by atoms with van der Waals surface area (Å²) in [4.78, 5) is 0. The predicted octanol–water partition coefficient (Wildman–Crippen LogP) is 2.27. The van der Waals surface area contributed by atoms with Crippen molar-refractivity contribution in [3.8, 4) is 17.2 Å². The van der Waals surface area contributed by atoms with Gasteiger partial charge in [0.05, 0.1) is 6.10 Å². The van der Waals surface area contributed by atoms with Crippen LogP contribution in [0.4, 0.5) is 4.39 Å². The fourth-order valence-corrected chi connectivity index (χ4v) is 2.37. The minimum absolute atomic E-state index is 0.0702. The molecule has 0 saturated heterocycles. The molecule has 2 unspecified atom stereocenters. The van der Waals surface area contributed by atoms with Crippen molar-refractivity contribution in [2.45, 2.75) is 18.6 Å². The van der Waals surface area contributed by atoms with Crippen molar-refractivity contribution in [3.63, 3.8) is 0 Å². The lowest BCUT2D eigenvalue weighted by Gasteiger charge is -2.31. The average molecular weight is 276 g/mol. The van der Waals surface area contributed by atoms with Crippen LogP contribution in [0.1, 0.15) is 17.2 Å². The van der Waals surface area contributed by atoms with E-state index in [0.29, 0.717) is 17.7 Å². The van der Waals surface area contributed by atoms with Gasteiger partial charge in [-0.25, -0.2) is 4.39 Å². The molecule has 5 heteroatoms. The van der Waals surface area contributed by atoms with E-state index in [4.69, 9.17) is 4.74 Å². The minimum atomic E-state index is -0.808. The van der Waals surface area contributed by atoms with E-state index in [-0.39, 0.29) is 5.75 Å². The van der Waals surface area contributed by atoms with Crippen LogP contribution in [0, 0.1) is 5.82 Å². The number of phenolic OH excluding ortho intramolecular Hbond substituents is 2. The normalized spacial score (nSPS) is 21.1. The SMILES string of the molecule is Oc1ccc2c(c1)OC(c1ccc(F)c(O)c1)C(O)C2. The number of hydrogen-bond acceptors (Lipinski definition) is 4. The third kappa shape index (κ3) is 2.16. The molecule has 0 saturated carbocycles. The maximum atomic E-state index is 13.1. The van der Waals surface area contributed by atoms with Crippen LogP contribution in [0.5, 0.6) is 17.2 Å².